The lowest BCUT2D eigenvalue weighted by Crippen LogP contribution is -2.48. The van der Waals surface area contributed by atoms with Crippen LogP contribution in [0.4, 0.5) is 5.69 Å². The third-order valence-corrected chi connectivity index (χ3v) is 4.21. The van der Waals surface area contributed by atoms with Gasteiger partial charge in [-0.1, -0.05) is 6.07 Å². The van der Waals surface area contributed by atoms with E-state index in [-0.39, 0.29) is 11.8 Å². The number of rotatable bonds is 6. The summed E-state index contributed by atoms with van der Waals surface area (Å²) in [6, 6.07) is 5.73. The smallest absolute Gasteiger partial charge is 0.326 e. The standard InChI is InChI=1S/C18H24N2O5/c1-3-25-12(2)16(21)19-14-8-6-7-13(11-14)17(22)20-10-5-4-9-15(20)18(23)24/h6-8,11-12,15H,3-5,9-10H2,1-2H3,(H,19,21)(H,23,24). The first-order valence-corrected chi connectivity index (χ1v) is 8.50. The summed E-state index contributed by atoms with van der Waals surface area (Å²) in [5.41, 5.74) is 0.835. The Labute approximate surface area is 147 Å². The molecule has 7 nitrogen and oxygen atoms in total. The van der Waals surface area contributed by atoms with Crippen LogP contribution in [0.3, 0.4) is 0 Å². The van der Waals surface area contributed by atoms with Gasteiger partial charge in [0.05, 0.1) is 0 Å². The molecule has 1 aliphatic heterocycles. The van der Waals surface area contributed by atoms with E-state index in [0.29, 0.717) is 30.8 Å². The Morgan fingerprint density at radius 1 is 1.36 bits per heavy atom. The van der Waals surface area contributed by atoms with Gasteiger partial charge in [-0.2, -0.15) is 0 Å². The highest BCUT2D eigenvalue weighted by Gasteiger charge is 2.32. The number of nitrogens with zero attached hydrogens (tertiary/aromatic N) is 1. The minimum atomic E-state index is -0.983. The Morgan fingerprint density at radius 3 is 2.80 bits per heavy atom. The van der Waals surface area contributed by atoms with Gasteiger partial charge in [0.2, 0.25) is 0 Å². The lowest BCUT2D eigenvalue weighted by molar-refractivity contribution is -0.143. The van der Waals surface area contributed by atoms with Crippen molar-refractivity contribution in [3.05, 3.63) is 29.8 Å². The molecule has 1 saturated heterocycles. The average molecular weight is 348 g/mol. The van der Waals surface area contributed by atoms with Gasteiger partial charge < -0.3 is 20.1 Å². The summed E-state index contributed by atoms with van der Waals surface area (Å²) in [6.07, 6.45) is 1.45. The highest BCUT2D eigenvalue weighted by molar-refractivity contribution is 5.99. The Balaban J connectivity index is 2.13. The molecule has 0 aromatic heterocycles. The third-order valence-electron chi connectivity index (χ3n) is 4.21. The summed E-state index contributed by atoms with van der Waals surface area (Å²) < 4.78 is 5.24. The zero-order valence-corrected chi connectivity index (χ0v) is 14.5. The molecule has 2 amide bonds. The van der Waals surface area contributed by atoms with Gasteiger partial charge in [-0.25, -0.2) is 4.79 Å². The van der Waals surface area contributed by atoms with Gasteiger partial charge in [-0.05, 0) is 51.3 Å². The molecule has 2 rings (SSSR count). The molecule has 0 saturated carbocycles. The lowest BCUT2D eigenvalue weighted by atomic mass is 10.0. The van der Waals surface area contributed by atoms with E-state index in [0.717, 1.165) is 12.8 Å². The van der Waals surface area contributed by atoms with Gasteiger partial charge in [0.25, 0.3) is 11.8 Å². The number of carboxylic acid groups (broad SMARTS) is 1. The first kappa shape index (κ1) is 18.9. The van der Waals surface area contributed by atoms with Crippen LogP contribution in [0.5, 0.6) is 0 Å². The van der Waals surface area contributed by atoms with Crippen LogP contribution < -0.4 is 5.32 Å². The van der Waals surface area contributed by atoms with Crippen molar-refractivity contribution >= 4 is 23.5 Å². The van der Waals surface area contributed by atoms with Gasteiger partial charge in [-0.3, -0.25) is 9.59 Å². The van der Waals surface area contributed by atoms with Crippen molar-refractivity contribution in [3.63, 3.8) is 0 Å². The van der Waals surface area contributed by atoms with Crippen LogP contribution >= 0.6 is 0 Å². The molecule has 1 aromatic rings. The fourth-order valence-electron chi connectivity index (χ4n) is 2.90. The van der Waals surface area contributed by atoms with Crippen LogP contribution in [0.2, 0.25) is 0 Å². The number of anilines is 1. The maximum Gasteiger partial charge on any atom is 0.326 e. The first-order valence-electron chi connectivity index (χ1n) is 8.50. The number of carboxylic acids is 1. The molecule has 7 heteroatoms. The fraction of sp³-hybridized carbons (Fsp3) is 0.500. The molecule has 0 radical (unpaired) electrons. The quantitative estimate of drug-likeness (QED) is 0.821. The SMILES string of the molecule is CCOC(C)C(=O)Nc1cccc(C(=O)N2CCCCC2C(=O)O)c1. The number of amides is 2. The first-order chi connectivity index (χ1) is 11.9. The summed E-state index contributed by atoms with van der Waals surface area (Å²) in [7, 11) is 0. The normalized spacial score (nSPS) is 18.5. The van der Waals surface area contributed by atoms with E-state index in [1.54, 1.807) is 38.1 Å². The van der Waals surface area contributed by atoms with E-state index < -0.39 is 18.1 Å². The summed E-state index contributed by atoms with van der Waals surface area (Å²) in [4.78, 5) is 37.5. The van der Waals surface area contributed by atoms with Crippen molar-refractivity contribution in [2.75, 3.05) is 18.5 Å². The summed E-state index contributed by atoms with van der Waals surface area (Å²) in [5, 5.41) is 12.0. The molecular formula is C18H24N2O5. The van der Waals surface area contributed by atoms with Crippen LogP contribution in [0.15, 0.2) is 24.3 Å². The van der Waals surface area contributed by atoms with Crippen molar-refractivity contribution in [2.24, 2.45) is 0 Å². The molecule has 1 fully saturated rings. The van der Waals surface area contributed by atoms with Gasteiger partial charge in [0.1, 0.15) is 12.1 Å². The molecule has 25 heavy (non-hydrogen) atoms. The molecule has 2 unspecified atom stereocenters. The second-order valence-electron chi connectivity index (χ2n) is 6.02. The second kappa shape index (κ2) is 8.62. The number of aliphatic carboxylic acids is 1. The number of hydrogen-bond acceptors (Lipinski definition) is 4. The van der Waals surface area contributed by atoms with E-state index in [9.17, 15) is 19.5 Å². The van der Waals surface area contributed by atoms with Crippen molar-refractivity contribution in [2.45, 2.75) is 45.3 Å². The van der Waals surface area contributed by atoms with Crippen LogP contribution in [-0.4, -0.2) is 53.1 Å². The highest BCUT2D eigenvalue weighted by Crippen LogP contribution is 2.21. The molecule has 0 bridgehead atoms. The number of hydrogen-bond donors (Lipinski definition) is 2. The molecule has 0 aliphatic carbocycles. The number of nitrogens with one attached hydrogen (secondary N) is 1. The maximum absolute atomic E-state index is 12.7. The van der Waals surface area contributed by atoms with Crippen LogP contribution in [0.1, 0.15) is 43.5 Å². The topological polar surface area (TPSA) is 95.9 Å². The monoisotopic (exact) mass is 348 g/mol. The zero-order chi connectivity index (χ0) is 18.4. The molecule has 136 valence electrons. The number of likely N-dealkylation sites (tertiary alicyclic amines) is 1. The predicted octanol–water partition coefficient (Wildman–Crippen LogP) is 2.13. The Hall–Kier alpha value is -2.41. The fourth-order valence-corrected chi connectivity index (χ4v) is 2.90. The Bertz CT molecular complexity index is 646. The molecule has 1 aliphatic rings. The number of carbonyl (C=O) groups excluding carboxylic acids is 2. The number of ether oxygens (including phenoxy) is 1. The van der Waals surface area contributed by atoms with Gasteiger partial charge >= 0.3 is 5.97 Å². The van der Waals surface area contributed by atoms with Gasteiger partial charge in [0, 0.05) is 24.4 Å². The Kier molecular flexibility index (Phi) is 6.52. The van der Waals surface area contributed by atoms with Crippen LogP contribution in [0.25, 0.3) is 0 Å². The largest absolute Gasteiger partial charge is 0.480 e. The zero-order valence-electron chi connectivity index (χ0n) is 14.5. The van der Waals surface area contributed by atoms with Crippen molar-refractivity contribution in [1.29, 1.82) is 0 Å². The minimum absolute atomic E-state index is 0.298. The van der Waals surface area contributed by atoms with E-state index in [2.05, 4.69) is 5.32 Å². The molecule has 2 N–H and O–H groups in total. The van der Waals surface area contributed by atoms with E-state index >= 15 is 0 Å². The van der Waals surface area contributed by atoms with E-state index in [1.165, 1.54) is 4.90 Å². The third kappa shape index (κ3) is 4.79. The number of benzene rings is 1. The van der Waals surface area contributed by atoms with Crippen molar-refractivity contribution in [3.8, 4) is 0 Å². The molecule has 1 heterocycles. The second-order valence-corrected chi connectivity index (χ2v) is 6.02. The van der Waals surface area contributed by atoms with Crippen LogP contribution in [-0.2, 0) is 14.3 Å². The van der Waals surface area contributed by atoms with Crippen molar-refractivity contribution < 1.29 is 24.2 Å². The molecular weight excluding hydrogens is 324 g/mol. The van der Waals surface area contributed by atoms with Gasteiger partial charge in [-0.15, -0.1) is 0 Å². The molecule has 0 spiro atoms. The summed E-state index contributed by atoms with van der Waals surface area (Å²) in [6.45, 7) is 4.31. The number of carbonyl (C=O) groups is 3. The molecule has 2 atom stereocenters. The Morgan fingerprint density at radius 2 is 2.12 bits per heavy atom. The summed E-state index contributed by atoms with van der Waals surface area (Å²) in [5.74, 6) is -1.61. The van der Waals surface area contributed by atoms with E-state index in [4.69, 9.17) is 4.74 Å². The highest BCUT2D eigenvalue weighted by atomic mass is 16.5. The average Bonchev–Trinajstić information content (AvgIpc) is 2.61. The maximum atomic E-state index is 12.7. The molecule has 1 aromatic carbocycles. The summed E-state index contributed by atoms with van der Waals surface area (Å²) >= 11 is 0. The number of piperidine rings is 1. The predicted molar refractivity (Wildman–Crippen MR) is 92.5 cm³/mol. The van der Waals surface area contributed by atoms with E-state index in [1.807, 2.05) is 0 Å². The minimum Gasteiger partial charge on any atom is -0.480 e. The lowest BCUT2D eigenvalue weighted by Gasteiger charge is -2.33. The van der Waals surface area contributed by atoms with Crippen LogP contribution in [0, 0.1) is 0 Å². The van der Waals surface area contributed by atoms with Crippen molar-refractivity contribution in [1.82, 2.24) is 4.90 Å². The van der Waals surface area contributed by atoms with Gasteiger partial charge in [0.15, 0.2) is 0 Å².